The van der Waals surface area contributed by atoms with E-state index < -0.39 is 17.1 Å². The molecule has 1 rings (SSSR count). The van der Waals surface area contributed by atoms with Gasteiger partial charge in [-0.25, -0.2) is 0 Å². The first kappa shape index (κ1) is 26.9. The van der Waals surface area contributed by atoms with Crippen LogP contribution in [0.25, 0.3) is 0 Å². The minimum absolute atomic E-state index is 0.220. The van der Waals surface area contributed by atoms with Crippen LogP contribution >= 0.6 is 15.9 Å². The molecule has 0 amide bonds. The Morgan fingerprint density at radius 1 is 1.00 bits per heavy atom. The Morgan fingerprint density at radius 3 is 2.10 bits per heavy atom. The van der Waals surface area contributed by atoms with Gasteiger partial charge >= 0.3 is 0 Å². The highest BCUT2D eigenvalue weighted by atomic mass is 79.9. The average molecular weight is 504 g/mol. The Kier molecular flexibility index (Phi) is 10.6. The van der Waals surface area contributed by atoms with Crippen LogP contribution in [0.5, 0.6) is 5.75 Å². The maximum Gasteiger partial charge on any atom is 0.191 e. The van der Waals surface area contributed by atoms with E-state index in [0.717, 1.165) is 36.5 Å². The van der Waals surface area contributed by atoms with Crippen LogP contribution in [0, 0.1) is 5.92 Å². The van der Waals surface area contributed by atoms with Crippen LogP contribution in [0.1, 0.15) is 41.0 Å². The first-order valence-corrected chi connectivity index (χ1v) is 17.4. The Hall–Kier alpha value is -0.146. The van der Waals surface area contributed by atoms with Crippen molar-refractivity contribution in [2.45, 2.75) is 77.3 Å². The molecule has 1 atom stereocenters. The predicted molar refractivity (Wildman–Crippen MR) is 135 cm³/mol. The maximum atomic E-state index is 6.51. The van der Waals surface area contributed by atoms with Crippen molar-refractivity contribution in [3.63, 3.8) is 0 Å². The summed E-state index contributed by atoms with van der Waals surface area (Å²) in [5, 5.41) is 0.538. The molecule has 3 nitrogen and oxygen atoms in total. The fourth-order valence-electron chi connectivity index (χ4n) is 2.29. The standard InChI is InChI=1S/C23H43BrO3Si2/c1-22(2,3)29(8,9)27-17-19(16-25-18-23(4,5)28(6)7)14-15-26-21-12-10-20(24)11-13-21/h10-13,19,28H,14-18H2,1-9H3. The summed E-state index contributed by atoms with van der Waals surface area (Å²) < 4.78 is 19.7. The predicted octanol–water partition coefficient (Wildman–Crippen LogP) is 7.14. The molecule has 0 saturated carbocycles. The summed E-state index contributed by atoms with van der Waals surface area (Å²) in [7, 11) is -2.52. The van der Waals surface area contributed by atoms with Gasteiger partial charge in [0.1, 0.15) is 5.75 Å². The molecule has 0 aliphatic rings. The second-order valence-corrected chi connectivity index (χ2v) is 20.3. The van der Waals surface area contributed by atoms with Crippen molar-refractivity contribution in [2.75, 3.05) is 26.4 Å². The van der Waals surface area contributed by atoms with Crippen LogP contribution in [-0.2, 0) is 9.16 Å². The van der Waals surface area contributed by atoms with Crippen LogP contribution in [0.4, 0.5) is 0 Å². The molecule has 0 bridgehead atoms. The molecule has 0 aliphatic carbocycles. The van der Waals surface area contributed by atoms with E-state index >= 15 is 0 Å². The summed E-state index contributed by atoms with van der Waals surface area (Å²) >= 11 is 3.46. The zero-order valence-electron chi connectivity index (χ0n) is 20.1. The summed E-state index contributed by atoms with van der Waals surface area (Å²) in [5.41, 5.74) is 0. The van der Waals surface area contributed by atoms with Gasteiger partial charge in [0.25, 0.3) is 0 Å². The second-order valence-electron chi connectivity index (χ2n) is 10.7. The SMILES string of the molecule is C[SiH](C)C(C)(C)COCC(CCOc1ccc(Br)cc1)CO[Si](C)(C)C(C)(C)C. The molecule has 0 N–H and O–H groups in total. The lowest BCUT2D eigenvalue weighted by molar-refractivity contribution is 0.0539. The third-order valence-corrected chi connectivity index (χ3v) is 14.8. The van der Waals surface area contributed by atoms with Gasteiger partial charge in [0.2, 0.25) is 0 Å². The van der Waals surface area contributed by atoms with Gasteiger partial charge in [0, 0.05) is 32.4 Å². The molecule has 0 aliphatic heterocycles. The van der Waals surface area contributed by atoms with E-state index in [2.05, 4.69) is 76.7 Å². The molecule has 29 heavy (non-hydrogen) atoms. The van der Waals surface area contributed by atoms with Crippen LogP contribution in [-0.4, -0.2) is 43.5 Å². The smallest absolute Gasteiger partial charge is 0.191 e. The zero-order chi connectivity index (χ0) is 22.3. The topological polar surface area (TPSA) is 27.7 Å². The molecule has 0 saturated heterocycles. The maximum absolute atomic E-state index is 6.51. The van der Waals surface area contributed by atoms with E-state index in [0.29, 0.717) is 17.6 Å². The van der Waals surface area contributed by atoms with Crippen molar-refractivity contribution in [3.8, 4) is 5.75 Å². The molecule has 0 radical (unpaired) electrons. The van der Waals surface area contributed by atoms with Crippen molar-refractivity contribution in [3.05, 3.63) is 28.7 Å². The van der Waals surface area contributed by atoms with Crippen molar-refractivity contribution in [1.82, 2.24) is 0 Å². The molecule has 1 unspecified atom stereocenters. The van der Waals surface area contributed by atoms with Gasteiger partial charge in [0.15, 0.2) is 8.32 Å². The largest absolute Gasteiger partial charge is 0.494 e. The summed E-state index contributed by atoms with van der Waals surface area (Å²) in [6, 6.07) is 8.01. The Balaban J connectivity index is 2.62. The van der Waals surface area contributed by atoms with Crippen LogP contribution in [0.2, 0.25) is 36.3 Å². The van der Waals surface area contributed by atoms with Crippen LogP contribution < -0.4 is 4.74 Å². The lowest BCUT2D eigenvalue weighted by Crippen LogP contribution is -2.42. The van der Waals surface area contributed by atoms with Gasteiger partial charge < -0.3 is 13.9 Å². The highest BCUT2D eigenvalue weighted by molar-refractivity contribution is 9.10. The fourth-order valence-corrected chi connectivity index (χ4v) is 4.09. The molecular formula is C23H43BrO3Si2. The molecule has 0 heterocycles. The highest BCUT2D eigenvalue weighted by Gasteiger charge is 2.37. The third-order valence-electron chi connectivity index (χ3n) is 6.49. The molecule has 0 aromatic heterocycles. The fraction of sp³-hybridized carbons (Fsp3) is 0.739. The van der Waals surface area contributed by atoms with E-state index in [-0.39, 0.29) is 5.04 Å². The Morgan fingerprint density at radius 2 is 1.59 bits per heavy atom. The molecule has 0 spiro atoms. The third kappa shape index (κ3) is 9.68. The Bertz CT molecular complexity index is 595. The number of hydrogen-bond acceptors (Lipinski definition) is 3. The zero-order valence-corrected chi connectivity index (χ0v) is 23.8. The van der Waals surface area contributed by atoms with Gasteiger partial charge in [-0.2, -0.15) is 0 Å². The Labute approximate surface area is 190 Å². The molecular weight excluding hydrogens is 460 g/mol. The van der Waals surface area contributed by atoms with Gasteiger partial charge in [-0.05, 0) is 53.9 Å². The normalized spacial score (nSPS) is 14.3. The first-order valence-electron chi connectivity index (χ1n) is 10.8. The summed E-state index contributed by atoms with van der Waals surface area (Å²) in [4.78, 5) is 0. The monoisotopic (exact) mass is 502 g/mol. The lowest BCUT2D eigenvalue weighted by Gasteiger charge is -2.37. The summed E-state index contributed by atoms with van der Waals surface area (Å²) in [5.74, 6) is 1.26. The quantitative estimate of drug-likeness (QED) is 0.284. The van der Waals surface area contributed by atoms with Crippen molar-refractivity contribution in [2.24, 2.45) is 5.92 Å². The van der Waals surface area contributed by atoms with E-state index in [4.69, 9.17) is 13.9 Å². The van der Waals surface area contributed by atoms with Crippen LogP contribution in [0.15, 0.2) is 28.7 Å². The number of rotatable bonds is 12. The van der Waals surface area contributed by atoms with Gasteiger partial charge in [-0.3, -0.25) is 0 Å². The van der Waals surface area contributed by atoms with Gasteiger partial charge in [0.05, 0.1) is 13.2 Å². The molecule has 0 fully saturated rings. The second kappa shape index (κ2) is 11.5. The lowest BCUT2D eigenvalue weighted by atomic mass is 10.1. The van der Waals surface area contributed by atoms with Crippen molar-refractivity contribution < 1.29 is 13.9 Å². The molecule has 1 aromatic carbocycles. The number of ether oxygens (including phenoxy) is 2. The molecule has 6 heteroatoms. The van der Waals surface area contributed by atoms with E-state index in [1.807, 2.05) is 24.3 Å². The minimum Gasteiger partial charge on any atom is -0.494 e. The minimum atomic E-state index is -1.77. The van der Waals surface area contributed by atoms with E-state index in [9.17, 15) is 0 Å². The number of benzene rings is 1. The van der Waals surface area contributed by atoms with Gasteiger partial charge in [-0.15, -0.1) is 0 Å². The van der Waals surface area contributed by atoms with Crippen molar-refractivity contribution in [1.29, 1.82) is 0 Å². The number of hydrogen-bond donors (Lipinski definition) is 0. The van der Waals surface area contributed by atoms with Crippen LogP contribution in [0.3, 0.4) is 0 Å². The first-order chi connectivity index (χ1) is 13.2. The van der Waals surface area contributed by atoms with Crippen molar-refractivity contribution >= 4 is 33.0 Å². The van der Waals surface area contributed by atoms with Gasteiger partial charge in [-0.1, -0.05) is 63.6 Å². The molecule has 168 valence electrons. The average Bonchev–Trinajstić information content (AvgIpc) is 2.59. The van der Waals surface area contributed by atoms with E-state index in [1.54, 1.807) is 0 Å². The van der Waals surface area contributed by atoms with E-state index in [1.165, 1.54) is 0 Å². The molecule has 1 aromatic rings. The summed E-state index contributed by atoms with van der Waals surface area (Å²) in [6.45, 7) is 24.0. The highest BCUT2D eigenvalue weighted by Crippen LogP contribution is 2.37. The number of halogens is 1. The summed E-state index contributed by atoms with van der Waals surface area (Å²) in [6.07, 6.45) is 0.935.